The van der Waals surface area contributed by atoms with Crippen molar-refractivity contribution in [1.82, 2.24) is 0 Å². The molecule has 2 rings (SSSR count). The Kier molecular flexibility index (Phi) is 4.82. The van der Waals surface area contributed by atoms with Gasteiger partial charge in [0.05, 0.1) is 21.9 Å². The Morgan fingerprint density at radius 1 is 1.29 bits per heavy atom. The van der Waals surface area contributed by atoms with Gasteiger partial charge in [-0.1, -0.05) is 11.6 Å². The van der Waals surface area contributed by atoms with Crippen LogP contribution in [0.15, 0.2) is 30.3 Å². The highest BCUT2D eigenvalue weighted by molar-refractivity contribution is 7.18. The van der Waals surface area contributed by atoms with Crippen LogP contribution in [0.25, 0.3) is 0 Å². The van der Waals surface area contributed by atoms with Gasteiger partial charge in [-0.25, -0.2) is 0 Å². The molecule has 0 unspecified atom stereocenters. The molecule has 0 spiro atoms. The molecule has 0 aliphatic heterocycles. The normalized spacial score (nSPS) is 10.2. The quantitative estimate of drug-likeness (QED) is 0.828. The largest absolute Gasteiger partial charge is 0.497 e. The molecule has 0 saturated heterocycles. The lowest BCUT2D eigenvalue weighted by atomic mass is 10.2. The summed E-state index contributed by atoms with van der Waals surface area (Å²) in [5.74, 6) is -0.163. The maximum absolute atomic E-state index is 11.9. The minimum atomic E-state index is -0.640. The Labute approximate surface area is 130 Å². The number of ketones is 1. The van der Waals surface area contributed by atoms with E-state index in [0.717, 1.165) is 0 Å². The number of ether oxygens (including phenoxy) is 2. The van der Waals surface area contributed by atoms with Crippen molar-refractivity contribution >= 4 is 34.6 Å². The highest BCUT2D eigenvalue weighted by atomic mass is 35.5. The topological polar surface area (TPSA) is 78.6 Å². The van der Waals surface area contributed by atoms with Gasteiger partial charge >= 0.3 is 0 Å². The molecule has 0 bridgehead atoms. The van der Waals surface area contributed by atoms with Crippen molar-refractivity contribution in [3.05, 3.63) is 45.1 Å². The van der Waals surface area contributed by atoms with Gasteiger partial charge in [-0.05, 0) is 24.3 Å². The Morgan fingerprint density at radius 3 is 2.62 bits per heavy atom. The van der Waals surface area contributed by atoms with Crippen LogP contribution >= 0.6 is 22.9 Å². The number of primary amides is 1. The summed E-state index contributed by atoms with van der Waals surface area (Å²) < 4.78 is 11.0. The van der Waals surface area contributed by atoms with E-state index in [2.05, 4.69) is 0 Å². The Balaban J connectivity index is 2.15. The molecule has 1 heterocycles. The molecule has 1 aromatic carbocycles. The van der Waals surface area contributed by atoms with Crippen LogP contribution in [-0.4, -0.2) is 25.4 Å². The van der Waals surface area contributed by atoms with E-state index in [4.69, 9.17) is 26.8 Å². The van der Waals surface area contributed by atoms with E-state index >= 15 is 0 Å². The van der Waals surface area contributed by atoms with Crippen LogP contribution in [-0.2, 0) is 0 Å². The first kappa shape index (κ1) is 15.3. The van der Waals surface area contributed by atoms with Gasteiger partial charge in [0.1, 0.15) is 11.5 Å². The molecule has 110 valence electrons. The third-order valence-electron chi connectivity index (χ3n) is 2.66. The number of hydrogen-bond donors (Lipinski definition) is 1. The first-order valence-corrected chi connectivity index (χ1v) is 7.10. The van der Waals surface area contributed by atoms with Gasteiger partial charge in [-0.3, -0.25) is 9.59 Å². The second kappa shape index (κ2) is 6.60. The molecule has 7 heteroatoms. The van der Waals surface area contributed by atoms with Gasteiger partial charge in [-0.2, -0.15) is 0 Å². The number of halogens is 1. The highest BCUT2D eigenvalue weighted by Crippen LogP contribution is 2.26. The number of benzene rings is 1. The number of hydrogen-bond acceptors (Lipinski definition) is 5. The number of Topliss-reactive ketones (excluding diaryl/α,β-unsaturated/α-hetero) is 1. The van der Waals surface area contributed by atoms with Gasteiger partial charge < -0.3 is 15.2 Å². The molecule has 2 aromatic rings. The summed E-state index contributed by atoms with van der Waals surface area (Å²) in [5.41, 5.74) is 5.45. The molecule has 0 aliphatic carbocycles. The van der Waals surface area contributed by atoms with Crippen molar-refractivity contribution in [2.24, 2.45) is 5.73 Å². The zero-order valence-electron chi connectivity index (χ0n) is 11.1. The molecule has 1 amide bonds. The number of amides is 1. The molecule has 0 radical (unpaired) electrons. The van der Waals surface area contributed by atoms with Gasteiger partial charge in [0.15, 0.2) is 6.61 Å². The van der Waals surface area contributed by atoms with E-state index in [9.17, 15) is 9.59 Å². The summed E-state index contributed by atoms with van der Waals surface area (Å²) >= 11 is 6.94. The first-order chi connectivity index (χ1) is 10.0. The van der Waals surface area contributed by atoms with E-state index in [0.29, 0.717) is 15.0 Å². The lowest BCUT2D eigenvalue weighted by Gasteiger charge is -2.10. The SMILES string of the molecule is COc1ccc(C(N)=O)c(OCC(=O)c2ccc(Cl)s2)c1. The summed E-state index contributed by atoms with van der Waals surface area (Å²) in [6.07, 6.45) is 0. The van der Waals surface area contributed by atoms with Gasteiger partial charge in [0.25, 0.3) is 5.91 Å². The van der Waals surface area contributed by atoms with Crippen LogP contribution in [0.1, 0.15) is 20.0 Å². The van der Waals surface area contributed by atoms with Crippen LogP contribution in [0.5, 0.6) is 11.5 Å². The van der Waals surface area contributed by atoms with Crippen molar-refractivity contribution in [3.8, 4) is 11.5 Å². The second-order valence-corrected chi connectivity index (χ2v) is 5.76. The molecule has 0 aliphatic rings. The summed E-state index contributed by atoms with van der Waals surface area (Å²) in [6, 6.07) is 7.85. The van der Waals surface area contributed by atoms with Crippen molar-refractivity contribution < 1.29 is 19.1 Å². The molecule has 2 N–H and O–H groups in total. The summed E-state index contributed by atoms with van der Waals surface area (Å²) in [4.78, 5) is 23.8. The van der Waals surface area contributed by atoms with Crippen molar-refractivity contribution in [3.63, 3.8) is 0 Å². The number of carbonyl (C=O) groups excluding carboxylic acids is 2. The molecule has 21 heavy (non-hydrogen) atoms. The predicted octanol–water partition coefficient (Wildman–Crippen LogP) is 2.77. The van der Waals surface area contributed by atoms with Crippen LogP contribution in [0.2, 0.25) is 4.34 Å². The van der Waals surface area contributed by atoms with Crippen molar-refractivity contribution in [1.29, 1.82) is 0 Å². The van der Waals surface area contributed by atoms with Crippen LogP contribution in [0, 0.1) is 0 Å². The summed E-state index contributed by atoms with van der Waals surface area (Å²) in [7, 11) is 1.49. The van der Waals surface area contributed by atoms with E-state index in [1.54, 1.807) is 18.2 Å². The minimum Gasteiger partial charge on any atom is -0.497 e. The molecule has 0 atom stereocenters. The van der Waals surface area contributed by atoms with Crippen molar-refractivity contribution in [2.75, 3.05) is 13.7 Å². The van der Waals surface area contributed by atoms with E-state index < -0.39 is 5.91 Å². The maximum Gasteiger partial charge on any atom is 0.252 e. The standard InChI is InChI=1S/C14H12ClNO4S/c1-19-8-2-3-9(14(16)18)11(6-8)20-7-10(17)12-4-5-13(15)21-12/h2-6H,7H2,1H3,(H2,16,18). The number of nitrogens with two attached hydrogens (primary N) is 1. The van der Waals surface area contributed by atoms with Crippen LogP contribution < -0.4 is 15.2 Å². The highest BCUT2D eigenvalue weighted by Gasteiger charge is 2.14. The molecule has 0 saturated carbocycles. The number of thiophene rings is 1. The maximum atomic E-state index is 11.9. The molecule has 1 aromatic heterocycles. The zero-order chi connectivity index (χ0) is 15.4. The van der Waals surface area contributed by atoms with E-state index in [-0.39, 0.29) is 23.7 Å². The molecular weight excluding hydrogens is 314 g/mol. The zero-order valence-corrected chi connectivity index (χ0v) is 12.7. The number of methoxy groups -OCH3 is 1. The fraction of sp³-hybridized carbons (Fsp3) is 0.143. The minimum absolute atomic E-state index is 0.188. The lowest BCUT2D eigenvalue weighted by molar-refractivity contribution is 0.0915. The third kappa shape index (κ3) is 3.74. The molecule has 0 fully saturated rings. The predicted molar refractivity (Wildman–Crippen MR) is 80.7 cm³/mol. The fourth-order valence-corrected chi connectivity index (χ4v) is 2.60. The van der Waals surface area contributed by atoms with Crippen LogP contribution in [0.4, 0.5) is 0 Å². The van der Waals surface area contributed by atoms with Gasteiger partial charge in [0.2, 0.25) is 5.78 Å². The average molecular weight is 326 g/mol. The monoisotopic (exact) mass is 325 g/mol. The van der Waals surface area contributed by atoms with E-state index in [1.807, 2.05) is 0 Å². The van der Waals surface area contributed by atoms with Crippen molar-refractivity contribution in [2.45, 2.75) is 0 Å². The fourth-order valence-electron chi connectivity index (χ4n) is 1.63. The second-order valence-electron chi connectivity index (χ2n) is 4.04. The Bertz CT molecular complexity index is 683. The van der Waals surface area contributed by atoms with Gasteiger partial charge in [-0.15, -0.1) is 11.3 Å². The first-order valence-electron chi connectivity index (χ1n) is 5.90. The molecular formula is C14H12ClNO4S. The molecule has 5 nitrogen and oxygen atoms in total. The third-order valence-corrected chi connectivity index (χ3v) is 3.93. The Morgan fingerprint density at radius 2 is 2.05 bits per heavy atom. The van der Waals surface area contributed by atoms with Crippen LogP contribution in [0.3, 0.4) is 0 Å². The summed E-state index contributed by atoms with van der Waals surface area (Å²) in [6.45, 7) is -0.218. The lowest BCUT2D eigenvalue weighted by Crippen LogP contribution is -2.16. The van der Waals surface area contributed by atoms with E-state index in [1.165, 1.54) is 30.6 Å². The Hall–Kier alpha value is -2.05. The smallest absolute Gasteiger partial charge is 0.252 e. The number of rotatable bonds is 6. The number of carbonyl (C=O) groups is 2. The van der Waals surface area contributed by atoms with Gasteiger partial charge in [0, 0.05) is 6.07 Å². The summed E-state index contributed by atoms with van der Waals surface area (Å²) in [5, 5.41) is 0. The average Bonchev–Trinajstić information content (AvgIpc) is 2.90.